The third-order valence-electron chi connectivity index (χ3n) is 3.77. The second-order valence-electron chi connectivity index (χ2n) is 5.34. The van der Waals surface area contributed by atoms with Crippen molar-refractivity contribution in [3.63, 3.8) is 0 Å². The van der Waals surface area contributed by atoms with Crippen LogP contribution in [0.1, 0.15) is 46.9 Å². The number of hydrogen-bond acceptors (Lipinski definition) is 3. The molecule has 0 aliphatic carbocycles. The molecule has 3 amide bonds. The maximum absolute atomic E-state index is 13.7. The van der Waals surface area contributed by atoms with Crippen LogP contribution in [0.15, 0.2) is 18.2 Å². The molecule has 1 heterocycles. The van der Waals surface area contributed by atoms with Crippen molar-refractivity contribution in [3.05, 3.63) is 35.1 Å². The highest BCUT2D eigenvalue weighted by Gasteiger charge is 2.37. The number of hydrogen-bond donors (Lipinski definition) is 0. The van der Waals surface area contributed by atoms with Gasteiger partial charge in [-0.05, 0) is 18.6 Å². The van der Waals surface area contributed by atoms with Crippen LogP contribution in [0.2, 0.25) is 0 Å². The zero-order chi connectivity index (χ0) is 16.3. The fourth-order valence-electron chi connectivity index (χ4n) is 2.41. The molecule has 2 rings (SSSR count). The molecule has 0 saturated carbocycles. The van der Waals surface area contributed by atoms with Crippen LogP contribution in [0.3, 0.4) is 0 Å². The molecule has 5 nitrogen and oxygen atoms in total. The van der Waals surface area contributed by atoms with E-state index in [0.29, 0.717) is 6.54 Å². The molecule has 0 fully saturated rings. The van der Waals surface area contributed by atoms with Crippen molar-refractivity contribution in [3.8, 4) is 0 Å². The highest BCUT2D eigenvalue weighted by molar-refractivity contribution is 6.21. The lowest BCUT2D eigenvalue weighted by Gasteiger charge is -2.19. The van der Waals surface area contributed by atoms with Gasteiger partial charge in [0.1, 0.15) is 5.82 Å². The van der Waals surface area contributed by atoms with E-state index in [9.17, 15) is 18.8 Å². The smallest absolute Gasteiger partial charge is 0.264 e. The second-order valence-corrected chi connectivity index (χ2v) is 5.34. The molecule has 1 aliphatic heterocycles. The highest BCUT2D eigenvalue weighted by Crippen LogP contribution is 2.25. The molecule has 0 saturated heterocycles. The van der Waals surface area contributed by atoms with Crippen molar-refractivity contribution < 1.29 is 18.8 Å². The van der Waals surface area contributed by atoms with Gasteiger partial charge in [0, 0.05) is 26.6 Å². The summed E-state index contributed by atoms with van der Waals surface area (Å²) in [6.07, 6.45) is 1.93. The fraction of sp³-hybridized carbons (Fsp3) is 0.438. The number of fused-ring (bicyclic) bond motifs is 1. The van der Waals surface area contributed by atoms with Crippen LogP contribution < -0.4 is 0 Å². The van der Waals surface area contributed by atoms with E-state index in [1.165, 1.54) is 12.1 Å². The van der Waals surface area contributed by atoms with Crippen LogP contribution in [0.4, 0.5) is 4.39 Å². The molecule has 1 aliphatic rings. The SMILES string of the molecule is CCCCN(C)C(=O)CCN1C(=O)c2cccc(F)c2C1=O. The Kier molecular flexibility index (Phi) is 4.90. The average Bonchev–Trinajstić information content (AvgIpc) is 2.75. The summed E-state index contributed by atoms with van der Waals surface area (Å²) in [7, 11) is 1.69. The summed E-state index contributed by atoms with van der Waals surface area (Å²) in [5, 5.41) is 0. The Labute approximate surface area is 128 Å². The molecular formula is C16H19FN2O3. The first-order valence-corrected chi connectivity index (χ1v) is 7.36. The molecule has 0 radical (unpaired) electrons. The normalized spacial score (nSPS) is 13.5. The number of nitrogens with zero attached hydrogens (tertiary/aromatic N) is 2. The molecular weight excluding hydrogens is 287 g/mol. The average molecular weight is 306 g/mol. The van der Waals surface area contributed by atoms with E-state index in [1.807, 2.05) is 6.92 Å². The van der Waals surface area contributed by atoms with Gasteiger partial charge in [0.05, 0.1) is 11.1 Å². The second kappa shape index (κ2) is 6.68. The summed E-state index contributed by atoms with van der Waals surface area (Å²) in [4.78, 5) is 38.7. The lowest BCUT2D eigenvalue weighted by Crippen LogP contribution is -2.35. The predicted molar refractivity (Wildman–Crippen MR) is 78.9 cm³/mol. The largest absolute Gasteiger partial charge is 0.346 e. The predicted octanol–water partition coefficient (Wildman–Crippen LogP) is 2.07. The Morgan fingerprint density at radius 2 is 2.00 bits per heavy atom. The van der Waals surface area contributed by atoms with Crippen molar-refractivity contribution in [2.75, 3.05) is 20.1 Å². The van der Waals surface area contributed by atoms with Crippen LogP contribution in [-0.2, 0) is 4.79 Å². The summed E-state index contributed by atoms with van der Waals surface area (Å²) in [6, 6.07) is 3.97. The zero-order valence-corrected chi connectivity index (χ0v) is 12.8. The molecule has 0 spiro atoms. The molecule has 0 aromatic heterocycles. The molecule has 0 bridgehead atoms. The molecule has 0 unspecified atom stereocenters. The Morgan fingerprint density at radius 1 is 1.27 bits per heavy atom. The van der Waals surface area contributed by atoms with Gasteiger partial charge in [-0.1, -0.05) is 19.4 Å². The zero-order valence-electron chi connectivity index (χ0n) is 12.8. The van der Waals surface area contributed by atoms with Gasteiger partial charge in [0.2, 0.25) is 5.91 Å². The minimum absolute atomic E-state index is 0.0267. The van der Waals surface area contributed by atoms with Crippen molar-refractivity contribution in [2.45, 2.75) is 26.2 Å². The third kappa shape index (κ3) is 3.00. The van der Waals surface area contributed by atoms with Gasteiger partial charge in [-0.15, -0.1) is 0 Å². The standard InChI is InChI=1S/C16H19FN2O3/c1-3-4-9-18(2)13(20)8-10-19-15(21)11-6-5-7-12(17)14(11)16(19)22/h5-7H,3-4,8-10H2,1-2H3. The molecule has 22 heavy (non-hydrogen) atoms. The van der Waals surface area contributed by atoms with Crippen molar-refractivity contribution in [1.82, 2.24) is 9.80 Å². The number of halogens is 1. The molecule has 1 aromatic rings. The van der Waals surface area contributed by atoms with Crippen LogP contribution in [0.25, 0.3) is 0 Å². The first-order valence-electron chi connectivity index (χ1n) is 7.36. The number of unbranched alkanes of at least 4 members (excludes halogenated alkanes) is 1. The van der Waals surface area contributed by atoms with Gasteiger partial charge >= 0.3 is 0 Å². The number of carbonyl (C=O) groups is 3. The molecule has 1 aromatic carbocycles. The maximum atomic E-state index is 13.7. The quantitative estimate of drug-likeness (QED) is 0.756. The molecule has 0 N–H and O–H groups in total. The van der Waals surface area contributed by atoms with Gasteiger partial charge < -0.3 is 4.90 Å². The van der Waals surface area contributed by atoms with E-state index < -0.39 is 17.6 Å². The monoisotopic (exact) mass is 306 g/mol. The summed E-state index contributed by atoms with van der Waals surface area (Å²) in [5.74, 6) is -2.04. The van der Waals surface area contributed by atoms with Gasteiger partial charge in [0.15, 0.2) is 0 Å². The number of carbonyl (C=O) groups excluding carboxylic acids is 3. The Balaban J connectivity index is 2.01. The lowest BCUT2D eigenvalue weighted by molar-refractivity contribution is -0.130. The van der Waals surface area contributed by atoms with Crippen molar-refractivity contribution in [1.29, 1.82) is 0 Å². The topological polar surface area (TPSA) is 57.7 Å². The Morgan fingerprint density at radius 3 is 2.64 bits per heavy atom. The van der Waals surface area contributed by atoms with Crippen molar-refractivity contribution in [2.24, 2.45) is 0 Å². The summed E-state index contributed by atoms with van der Waals surface area (Å²) in [5.41, 5.74) is -0.129. The van der Waals surface area contributed by atoms with Crippen molar-refractivity contribution >= 4 is 17.7 Å². The molecule has 0 atom stereocenters. The Bertz CT molecular complexity index is 615. The maximum Gasteiger partial charge on any atom is 0.264 e. The first kappa shape index (κ1) is 16.1. The van der Waals surface area contributed by atoms with E-state index in [4.69, 9.17) is 0 Å². The minimum Gasteiger partial charge on any atom is -0.346 e. The molecule has 118 valence electrons. The number of imide groups is 1. The van der Waals surface area contributed by atoms with Crippen LogP contribution in [0, 0.1) is 5.82 Å². The van der Waals surface area contributed by atoms with Crippen LogP contribution in [0.5, 0.6) is 0 Å². The van der Waals surface area contributed by atoms with Crippen LogP contribution >= 0.6 is 0 Å². The van der Waals surface area contributed by atoms with E-state index in [2.05, 4.69) is 0 Å². The van der Waals surface area contributed by atoms with Gasteiger partial charge in [-0.2, -0.15) is 0 Å². The van der Waals surface area contributed by atoms with Gasteiger partial charge in [-0.3, -0.25) is 19.3 Å². The summed E-state index contributed by atoms with van der Waals surface area (Å²) >= 11 is 0. The lowest BCUT2D eigenvalue weighted by atomic mass is 10.1. The third-order valence-corrected chi connectivity index (χ3v) is 3.77. The fourth-order valence-corrected chi connectivity index (χ4v) is 2.41. The Hall–Kier alpha value is -2.24. The number of benzene rings is 1. The van der Waals surface area contributed by atoms with E-state index in [0.717, 1.165) is 23.8 Å². The summed E-state index contributed by atoms with van der Waals surface area (Å²) in [6.45, 7) is 2.65. The molecule has 6 heteroatoms. The first-order chi connectivity index (χ1) is 10.5. The van der Waals surface area contributed by atoms with Gasteiger partial charge in [0.25, 0.3) is 11.8 Å². The highest BCUT2D eigenvalue weighted by atomic mass is 19.1. The number of rotatable bonds is 6. The van der Waals surface area contributed by atoms with E-state index >= 15 is 0 Å². The van der Waals surface area contributed by atoms with Gasteiger partial charge in [-0.25, -0.2) is 4.39 Å². The van der Waals surface area contributed by atoms with Crippen LogP contribution in [-0.4, -0.2) is 47.7 Å². The number of amides is 3. The van der Waals surface area contributed by atoms with E-state index in [-0.39, 0.29) is 30.0 Å². The summed E-state index contributed by atoms with van der Waals surface area (Å²) < 4.78 is 13.7. The minimum atomic E-state index is -0.704. The van der Waals surface area contributed by atoms with E-state index in [1.54, 1.807) is 11.9 Å².